The predicted molar refractivity (Wildman–Crippen MR) is 97.1 cm³/mol. The first kappa shape index (κ1) is 15.1. The summed E-state index contributed by atoms with van der Waals surface area (Å²) in [4.78, 5) is 0. The van der Waals surface area contributed by atoms with Gasteiger partial charge in [-0.05, 0) is 52.5 Å². The lowest BCUT2D eigenvalue weighted by Crippen LogP contribution is -1.97. The second kappa shape index (κ2) is 6.12. The largest absolute Gasteiger partial charge is 0.0648 e. The maximum absolute atomic E-state index is 2.43. The molecule has 0 heteroatoms. The molecule has 0 aliphatic heterocycles. The van der Waals surface area contributed by atoms with Crippen LogP contribution in [-0.2, 0) is 6.42 Å². The van der Waals surface area contributed by atoms with E-state index in [9.17, 15) is 0 Å². The Morgan fingerprint density at radius 2 is 1.64 bits per heavy atom. The maximum Gasteiger partial charge on any atom is -0.00550 e. The van der Waals surface area contributed by atoms with E-state index in [1.165, 1.54) is 34.2 Å². The lowest BCUT2D eigenvalue weighted by Gasteiger charge is -2.17. The molecule has 114 valence electrons. The van der Waals surface area contributed by atoms with Crippen molar-refractivity contribution in [2.75, 3.05) is 0 Å². The highest BCUT2D eigenvalue weighted by Crippen LogP contribution is 2.39. The zero-order valence-corrected chi connectivity index (χ0v) is 14.2. The summed E-state index contributed by atoms with van der Waals surface area (Å²) in [6, 6.07) is 15.7. The van der Waals surface area contributed by atoms with Gasteiger partial charge in [0, 0.05) is 0 Å². The van der Waals surface area contributed by atoms with Gasteiger partial charge >= 0.3 is 0 Å². The lowest BCUT2D eigenvalue weighted by atomic mass is 9.87. The van der Waals surface area contributed by atoms with Crippen molar-refractivity contribution in [3.8, 4) is 11.1 Å². The van der Waals surface area contributed by atoms with E-state index < -0.39 is 0 Å². The van der Waals surface area contributed by atoms with Gasteiger partial charge in [0.25, 0.3) is 0 Å². The van der Waals surface area contributed by atoms with Crippen molar-refractivity contribution in [3.63, 3.8) is 0 Å². The van der Waals surface area contributed by atoms with Crippen LogP contribution in [0.2, 0.25) is 0 Å². The summed E-state index contributed by atoms with van der Waals surface area (Å²) in [6.07, 6.45) is 4.73. The van der Waals surface area contributed by atoms with Gasteiger partial charge in [0.1, 0.15) is 0 Å². The molecule has 0 heterocycles. The van der Waals surface area contributed by atoms with Crippen molar-refractivity contribution in [2.24, 2.45) is 5.92 Å². The molecule has 2 aromatic rings. The van der Waals surface area contributed by atoms with Gasteiger partial charge in [0.15, 0.2) is 0 Å². The molecule has 2 aromatic carbocycles. The first-order chi connectivity index (χ1) is 10.6. The predicted octanol–water partition coefficient (Wildman–Crippen LogP) is 6.46. The normalized spacial score (nSPS) is 14.9. The van der Waals surface area contributed by atoms with Gasteiger partial charge in [-0.15, -0.1) is 0 Å². The molecule has 1 unspecified atom stereocenters. The summed E-state index contributed by atoms with van der Waals surface area (Å²) < 4.78 is 0. The highest BCUT2D eigenvalue weighted by Gasteiger charge is 2.20. The Morgan fingerprint density at radius 3 is 2.36 bits per heavy atom. The second-order valence-corrected chi connectivity index (χ2v) is 6.83. The highest BCUT2D eigenvalue weighted by molar-refractivity contribution is 5.82. The van der Waals surface area contributed by atoms with Crippen LogP contribution in [0.4, 0.5) is 0 Å². The third-order valence-corrected chi connectivity index (χ3v) is 5.06. The van der Waals surface area contributed by atoms with E-state index in [1.807, 2.05) is 0 Å². The van der Waals surface area contributed by atoms with Crippen molar-refractivity contribution in [1.29, 1.82) is 0 Å². The number of benzene rings is 2. The van der Waals surface area contributed by atoms with E-state index in [-0.39, 0.29) is 0 Å². The van der Waals surface area contributed by atoms with Gasteiger partial charge < -0.3 is 0 Å². The molecule has 0 aromatic heterocycles. The molecule has 0 radical (unpaired) electrons. The molecule has 3 rings (SSSR count). The van der Waals surface area contributed by atoms with Crippen molar-refractivity contribution in [2.45, 2.75) is 46.5 Å². The third-order valence-electron chi connectivity index (χ3n) is 5.06. The van der Waals surface area contributed by atoms with Crippen LogP contribution in [0.3, 0.4) is 0 Å². The van der Waals surface area contributed by atoms with Gasteiger partial charge in [-0.2, -0.15) is 0 Å². The SMILES string of the molecule is CCC(C)c1ccccc1-c1cccc2c1C=C(C(C)C)C2. The number of hydrogen-bond donors (Lipinski definition) is 0. The molecule has 1 atom stereocenters. The summed E-state index contributed by atoms with van der Waals surface area (Å²) in [6.45, 7) is 9.19. The van der Waals surface area contributed by atoms with E-state index in [2.05, 4.69) is 76.2 Å². The maximum atomic E-state index is 2.43. The minimum Gasteiger partial charge on any atom is -0.0648 e. The third kappa shape index (κ3) is 2.63. The molecule has 0 spiro atoms. The molecular weight excluding hydrogens is 264 g/mol. The number of rotatable bonds is 4. The molecule has 0 nitrogen and oxygen atoms in total. The summed E-state index contributed by atoms with van der Waals surface area (Å²) in [5.74, 6) is 1.23. The standard InChI is InChI=1S/C22H26/c1-5-16(4)19-10-6-7-11-20(19)21-12-8-9-17-13-18(15(2)3)14-22(17)21/h6-12,14-16H,5,13H2,1-4H3. The number of allylic oxidation sites excluding steroid dienone is 1. The van der Waals surface area contributed by atoms with Crippen LogP contribution in [0.1, 0.15) is 56.7 Å². The van der Waals surface area contributed by atoms with Crippen molar-refractivity contribution < 1.29 is 0 Å². The summed E-state index contributed by atoms with van der Waals surface area (Å²) in [5.41, 5.74) is 8.79. The van der Waals surface area contributed by atoms with E-state index in [0.717, 1.165) is 6.42 Å². The Labute approximate surface area is 134 Å². The van der Waals surface area contributed by atoms with Crippen LogP contribution in [0.25, 0.3) is 17.2 Å². The van der Waals surface area contributed by atoms with Gasteiger partial charge in [-0.1, -0.05) is 81.8 Å². The van der Waals surface area contributed by atoms with Crippen LogP contribution >= 0.6 is 0 Å². The van der Waals surface area contributed by atoms with E-state index in [4.69, 9.17) is 0 Å². The first-order valence-corrected chi connectivity index (χ1v) is 8.53. The molecule has 1 aliphatic rings. The summed E-state index contributed by atoms with van der Waals surface area (Å²) in [7, 11) is 0. The molecule has 1 aliphatic carbocycles. The van der Waals surface area contributed by atoms with E-state index >= 15 is 0 Å². The number of hydrogen-bond acceptors (Lipinski definition) is 0. The van der Waals surface area contributed by atoms with E-state index in [1.54, 1.807) is 5.57 Å². The van der Waals surface area contributed by atoms with Crippen molar-refractivity contribution in [3.05, 3.63) is 64.7 Å². The van der Waals surface area contributed by atoms with Crippen LogP contribution in [0.15, 0.2) is 48.0 Å². The Balaban J connectivity index is 2.15. The molecule has 0 saturated carbocycles. The fourth-order valence-corrected chi connectivity index (χ4v) is 3.39. The first-order valence-electron chi connectivity index (χ1n) is 8.53. The minimum absolute atomic E-state index is 0.599. The van der Waals surface area contributed by atoms with Crippen molar-refractivity contribution >= 4 is 6.08 Å². The highest BCUT2D eigenvalue weighted by atomic mass is 14.2. The Morgan fingerprint density at radius 1 is 0.909 bits per heavy atom. The quantitative estimate of drug-likeness (QED) is 0.606. The number of fused-ring (bicyclic) bond motifs is 1. The molecule has 22 heavy (non-hydrogen) atoms. The van der Waals surface area contributed by atoms with Gasteiger partial charge in [0.05, 0.1) is 0 Å². The zero-order chi connectivity index (χ0) is 15.7. The summed E-state index contributed by atoms with van der Waals surface area (Å²) >= 11 is 0. The van der Waals surface area contributed by atoms with Gasteiger partial charge in [-0.3, -0.25) is 0 Å². The fraction of sp³-hybridized carbons (Fsp3) is 0.364. The summed E-state index contributed by atoms with van der Waals surface area (Å²) in [5, 5.41) is 0. The van der Waals surface area contributed by atoms with Crippen LogP contribution in [0.5, 0.6) is 0 Å². The van der Waals surface area contributed by atoms with Crippen LogP contribution in [0, 0.1) is 5.92 Å². The molecule has 0 N–H and O–H groups in total. The van der Waals surface area contributed by atoms with Crippen LogP contribution in [-0.4, -0.2) is 0 Å². The smallest absolute Gasteiger partial charge is 0.00550 e. The topological polar surface area (TPSA) is 0 Å². The Hall–Kier alpha value is -1.82. The minimum atomic E-state index is 0.599. The molecular formula is C22H26. The molecule has 0 saturated heterocycles. The monoisotopic (exact) mass is 290 g/mol. The second-order valence-electron chi connectivity index (χ2n) is 6.83. The molecule has 0 amide bonds. The molecule has 0 fully saturated rings. The fourth-order valence-electron chi connectivity index (χ4n) is 3.39. The molecule has 0 bridgehead atoms. The van der Waals surface area contributed by atoms with Crippen molar-refractivity contribution in [1.82, 2.24) is 0 Å². The van der Waals surface area contributed by atoms with Gasteiger partial charge in [0.2, 0.25) is 0 Å². The lowest BCUT2D eigenvalue weighted by molar-refractivity contribution is 0.735. The van der Waals surface area contributed by atoms with E-state index in [0.29, 0.717) is 11.8 Å². The average Bonchev–Trinajstić information content (AvgIpc) is 2.98. The average molecular weight is 290 g/mol. The van der Waals surface area contributed by atoms with Gasteiger partial charge in [-0.25, -0.2) is 0 Å². The van der Waals surface area contributed by atoms with Crippen LogP contribution < -0.4 is 0 Å². The zero-order valence-electron chi connectivity index (χ0n) is 14.2. The Kier molecular flexibility index (Phi) is 4.20. The Bertz CT molecular complexity index is 704.